The van der Waals surface area contributed by atoms with Gasteiger partial charge in [0.15, 0.2) is 0 Å². The summed E-state index contributed by atoms with van der Waals surface area (Å²) in [7, 11) is -3.94. The van der Waals surface area contributed by atoms with Crippen molar-refractivity contribution in [2.45, 2.75) is 36.3 Å². The third-order valence-electron chi connectivity index (χ3n) is 4.94. The highest BCUT2D eigenvalue weighted by Gasteiger charge is 2.41. The maximum Gasteiger partial charge on any atom is 0.293 e. The van der Waals surface area contributed by atoms with Crippen LogP contribution in [0.5, 0.6) is 0 Å². The van der Waals surface area contributed by atoms with E-state index in [-0.39, 0.29) is 15.3 Å². The number of sulfonamides is 1. The van der Waals surface area contributed by atoms with E-state index in [1.54, 1.807) is 30.8 Å². The van der Waals surface area contributed by atoms with Crippen LogP contribution in [0.15, 0.2) is 41.3 Å². The number of benzene rings is 2. The summed E-state index contributed by atoms with van der Waals surface area (Å²) >= 11 is 1.74. The van der Waals surface area contributed by atoms with Crippen LogP contribution in [-0.2, 0) is 10.0 Å². The van der Waals surface area contributed by atoms with E-state index in [0.717, 1.165) is 30.0 Å². The molecular weight excluding hydrogens is 398 g/mol. The van der Waals surface area contributed by atoms with Crippen LogP contribution >= 0.6 is 11.8 Å². The fourth-order valence-electron chi connectivity index (χ4n) is 2.96. The van der Waals surface area contributed by atoms with Gasteiger partial charge in [0.2, 0.25) is 0 Å². The lowest BCUT2D eigenvalue weighted by molar-refractivity contribution is -0.384. The number of hydrogen-bond acceptors (Lipinski definition) is 6. The van der Waals surface area contributed by atoms with Crippen molar-refractivity contribution in [2.75, 3.05) is 22.8 Å². The number of rotatable bonds is 8. The quantitative estimate of drug-likeness (QED) is 0.486. The lowest BCUT2D eigenvalue weighted by atomic mass is 10.1. The van der Waals surface area contributed by atoms with Gasteiger partial charge in [-0.05, 0) is 56.7 Å². The van der Waals surface area contributed by atoms with Crippen molar-refractivity contribution in [3.63, 3.8) is 0 Å². The van der Waals surface area contributed by atoms with E-state index in [9.17, 15) is 18.5 Å². The normalized spacial score (nSPS) is 15.1. The summed E-state index contributed by atoms with van der Waals surface area (Å²) in [5.41, 5.74) is 2.33. The van der Waals surface area contributed by atoms with Gasteiger partial charge in [-0.25, -0.2) is 8.42 Å². The standard InChI is InChI=1S/C19H23N3O4S2/c1-13-4-6-16(14(2)10-13)21-28(25,26)15-5-7-17(18(11-15)22(23)24)20-12-19(27-3)8-9-19/h4-7,10-11,20-21H,8-9,12H2,1-3H3. The molecule has 1 aliphatic rings. The molecule has 7 nitrogen and oxygen atoms in total. The van der Waals surface area contributed by atoms with Crippen LogP contribution in [0.25, 0.3) is 0 Å². The largest absolute Gasteiger partial charge is 0.378 e. The average Bonchev–Trinajstić information content (AvgIpc) is 3.42. The van der Waals surface area contributed by atoms with E-state index >= 15 is 0 Å². The number of aryl methyl sites for hydroxylation is 2. The topological polar surface area (TPSA) is 101 Å². The Morgan fingerprint density at radius 3 is 2.39 bits per heavy atom. The smallest absolute Gasteiger partial charge is 0.293 e. The highest BCUT2D eigenvalue weighted by molar-refractivity contribution is 8.00. The van der Waals surface area contributed by atoms with Crippen LogP contribution in [0.2, 0.25) is 0 Å². The first-order valence-corrected chi connectivity index (χ1v) is 11.5. The lowest BCUT2D eigenvalue weighted by Gasteiger charge is -2.15. The van der Waals surface area contributed by atoms with Gasteiger partial charge in [-0.2, -0.15) is 11.8 Å². The predicted molar refractivity (Wildman–Crippen MR) is 114 cm³/mol. The molecule has 2 aromatic carbocycles. The number of nitro benzene ring substituents is 1. The zero-order chi connectivity index (χ0) is 20.5. The molecule has 0 radical (unpaired) electrons. The Morgan fingerprint density at radius 1 is 1.14 bits per heavy atom. The van der Waals surface area contributed by atoms with Crippen LogP contribution in [0.3, 0.4) is 0 Å². The zero-order valence-corrected chi connectivity index (χ0v) is 17.6. The molecule has 150 valence electrons. The molecule has 0 bridgehead atoms. The molecule has 0 aromatic heterocycles. The summed E-state index contributed by atoms with van der Waals surface area (Å²) in [4.78, 5) is 10.8. The number of nitro groups is 1. The van der Waals surface area contributed by atoms with Gasteiger partial charge in [0, 0.05) is 17.4 Å². The molecule has 2 N–H and O–H groups in total. The fraction of sp³-hybridized carbons (Fsp3) is 0.368. The summed E-state index contributed by atoms with van der Waals surface area (Å²) in [5, 5.41) is 14.6. The molecule has 3 rings (SSSR count). The number of hydrogen-bond donors (Lipinski definition) is 2. The molecule has 0 spiro atoms. The molecule has 1 aliphatic carbocycles. The van der Waals surface area contributed by atoms with Gasteiger partial charge >= 0.3 is 0 Å². The maximum atomic E-state index is 12.7. The minimum Gasteiger partial charge on any atom is -0.378 e. The van der Waals surface area contributed by atoms with E-state index in [0.29, 0.717) is 17.9 Å². The molecule has 0 amide bonds. The molecule has 28 heavy (non-hydrogen) atoms. The van der Waals surface area contributed by atoms with Crippen molar-refractivity contribution in [3.8, 4) is 0 Å². The Balaban J connectivity index is 1.86. The third kappa shape index (κ3) is 4.41. The van der Waals surface area contributed by atoms with E-state index in [2.05, 4.69) is 10.0 Å². The van der Waals surface area contributed by atoms with Crippen LogP contribution in [0, 0.1) is 24.0 Å². The van der Waals surface area contributed by atoms with Gasteiger partial charge in [-0.15, -0.1) is 0 Å². The number of thioether (sulfide) groups is 1. The second-order valence-corrected chi connectivity index (χ2v) is 10.1. The van der Waals surface area contributed by atoms with E-state index in [4.69, 9.17) is 0 Å². The van der Waals surface area contributed by atoms with E-state index in [1.807, 2.05) is 19.2 Å². The number of nitrogens with one attached hydrogen (secondary N) is 2. The first kappa shape index (κ1) is 20.5. The van der Waals surface area contributed by atoms with Crippen LogP contribution < -0.4 is 10.0 Å². The van der Waals surface area contributed by atoms with Crippen LogP contribution in [0.1, 0.15) is 24.0 Å². The Morgan fingerprint density at radius 2 is 1.82 bits per heavy atom. The number of nitrogens with zero attached hydrogens (tertiary/aromatic N) is 1. The monoisotopic (exact) mass is 421 g/mol. The summed E-state index contributed by atoms with van der Waals surface area (Å²) in [6.45, 7) is 4.34. The van der Waals surface area contributed by atoms with Gasteiger partial charge < -0.3 is 5.32 Å². The van der Waals surface area contributed by atoms with Crippen molar-refractivity contribution in [1.29, 1.82) is 0 Å². The minimum absolute atomic E-state index is 0.128. The summed E-state index contributed by atoms with van der Waals surface area (Å²) in [6.07, 6.45) is 4.17. The zero-order valence-electron chi connectivity index (χ0n) is 16.0. The summed E-state index contributed by atoms with van der Waals surface area (Å²) in [5.74, 6) is 0. The van der Waals surface area contributed by atoms with Gasteiger partial charge in [-0.3, -0.25) is 14.8 Å². The van der Waals surface area contributed by atoms with Crippen LogP contribution in [-0.4, -0.2) is 30.9 Å². The van der Waals surface area contributed by atoms with Gasteiger partial charge in [0.1, 0.15) is 5.69 Å². The SMILES string of the molecule is CSC1(CNc2ccc(S(=O)(=O)Nc3ccc(C)cc3C)cc2[N+](=O)[O-])CC1. The number of anilines is 2. The highest BCUT2D eigenvalue weighted by atomic mass is 32.2. The Labute approximate surface area is 169 Å². The maximum absolute atomic E-state index is 12.7. The Kier molecular flexibility index (Phi) is 5.58. The van der Waals surface area contributed by atoms with Crippen molar-refractivity contribution in [3.05, 3.63) is 57.6 Å². The minimum atomic E-state index is -3.94. The molecule has 0 heterocycles. The summed E-state index contributed by atoms with van der Waals surface area (Å²) in [6, 6.07) is 9.31. The van der Waals surface area contributed by atoms with E-state index in [1.165, 1.54) is 12.1 Å². The molecule has 1 saturated carbocycles. The van der Waals surface area contributed by atoms with Crippen molar-refractivity contribution >= 4 is 38.8 Å². The Hall–Kier alpha value is -2.26. The van der Waals surface area contributed by atoms with Gasteiger partial charge in [0.25, 0.3) is 15.7 Å². The predicted octanol–water partition coefficient (Wildman–Crippen LogP) is 4.32. The fourth-order valence-corrected chi connectivity index (χ4v) is 4.84. The lowest BCUT2D eigenvalue weighted by Crippen LogP contribution is -2.18. The molecule has 0 atom stereocenters. The second-order valence-electron chi connectivity index (χ2n) is 7.10. The molecule has 0 aliphatic heterocycles. The second kappa shape index (κ2) is 7.63. The first-order valence-electron chi connectivity index (χ1n) is 8.83. The van der Waals surface area contributed by atoms with E-state index < -0.39 is 14.9 Å². The molecule has 9 heteroatoms. The van der Waals surface area contributed by atoms with Crippen molar-refractivity contribution in [2.24, 2.45) is 0 Å². The van der Waals surface area contributed by atoms with Crippen molar-refractivity contribution in [1.82, 2.24) is 0 Å². The van der Waals surface area contributed by atoms with Gasteiger partial charge in [0.05, 0.1) is 15.5 Å². The molecule has 1 fully saturated rings. The van der Waals surface area contributed by atoms with Crippen molar-refractivity contribution < 1.29 is 13.3 Å². The summed E-state index contributed by atoms with van der Waals surface area (Å²) < 4.78 is 28.1. The third-order valence-corrected chi connectivity index (χ3v) is 7.73. The van der Waals surface area contributed by atoms with Gasteiger partial charge in [-0.1, -0.05) is 17.7 Å². The Bertz CT molecular complexity index is 1020. The molecule has 2 aromatic rings. The molecular formula is C19H23N3O4S2. The molecule has 0 saturated heterocycles. The highest BCUT2D eigenvalue weighted by Crippen LogP contribution is 2.47. The first-order chi connectivity index (χ1) is 13.2. The van der Waals surface area contributed by atoms with Crippen LogP contribution in [0.4, 0.5) is 17.1 Å². The average molecular weight is 422 g/mol. The molecule has 0 unspecified atom stereocenters.